The third-order valence-electron chi connectivity index (χ3n) is 5.04. The molecular weight excluding hydrogens is 471 g/mol. The molecule has 0 radical (unpaired) electrons. The van der Waals surface area contributed by atoms with Gasteiger partial charge in [-0.05, 0) is 42.8 Å². The number of amides is 1. The van der Waals surface area contributed by atoms with Gasteiger partial charge in [0.2, 0.25) is 10.0 Å². The molecule has 31 heavy (non-hydrogen) atoms. The Morgan fingerprint density at radius 3 is 2.32 bits per heavy atom. The zero-order valence-electron chi connectivity index (χ0n) is 16.7. The minimum absolute atomic E-state index is 0.0676. The number of halogens is 4. The zero-order valence-corrected chi connectivity index (χ0v) is 19.0. The normalized spacial score (nSPS) is 15.2. The van der Waals surface area contributed by atoms with Crippen molar-refractivity contribution >= 4 is 44.8 Å². The van der Waals surface area contributed by atoms with Crippen molar-refractivity contribution in [2.24, 2.45) is 0 Å². The summed E-state index contributed by atoms with van der Waals surface area (Å²) in [5.74, 6) is -2.67. The summed E-state index contributed by atoms with van der Waals surface area (Å²) in [5, 5.41) is 0.242. The number of sulfonamides is 1. The molecule has 1 N–H and O–H groups in total. The first kappa shape index (κ1) is 23.7. The van der Waals surface area contributed by atoms with Crippen LogP contribution >= 0.6 is 23.2 Å². The van der Waals surface area contributed by atoms with Gasteiger partial charge in [-0.15, -0.1) is 0 Å². The smallest absolute Gasteiger partial charge is 0.267 e. The monoisotopic (exact) mass is 491 g/mol. The lowest BCUT2D eigenvalue weighted by atomic mass is 10.1. The first-order valence-corrected chi connectivity index (χ1v) is 12.0. The van der Waals surface area contributed by atoms with E-state index < -0.39 is 33.1 Å². The van der Waals surface area contributed by atoms with Crippen LogP contribution in [0.4, 0.5) is 14.5 Å². The van der Waals surface area contributed by atoms with Gasteiger partial charge in [0.05, 0.1) is 16.3 Å². The average molecular weight is 492 g/mol. The molecule has 1 aliphatic rings. The molecule has 0 aromatic heterocycles. The molecule has 0 spiro atoms. The van der Waals surface area contributed by atoms with Crippen LogP contribution in [0.15, 0.2) is 30.3 Å². The van der Waals surface area contributed by atoms with Gasteiger partial charge in [-0.3, -0.25) is 9.69 Å². The van der Waals surface area contributed by atoms with Crippen molar-refractivity contribution in [3.05, 3.63) is 63.1 Å². The van der Waals surface area contributed by atoms with Crippen molar-refractivity contribution in [3.63, 3.8) is 0 Å². The first-order valence-electron chi connectivity index (χ1n) is 9.54. The molecule has 0 saturated carbocycles. The van der Waals surface area contributed by atoms with E-state index in [1.807, 2.05) is 0 Å². The van der Waals surface area contributed by atoms with Gasteiger partial charge in [-0.2, -0.15) is 0 Å². The van der Waals surface area contributed by atoms with Crippen molar-refractivity contribution in [1.29, 1.82) is 0 Å². The van der Waals surface area contributed by atoms with Crippen molar-refractivity contribution in [1.82, 2.24) is 9.62 Å². The Morgan fingerprint density at radius 1 is 1.03 bits per heavy atom. The van der Waals surface area contributed by atoms with E-state index in [0.717, 1.165) is 17.8 Å². The molecule has 2 aromatic rings. The van der Waals surface area contributed by atoms with Crippen LogP contribution in [0, 0.1) is 11.6 Å². The summed E-state index contributed by atoms with van der Waals surface area (Å²) in [6.45, 7) is 4.37. The number of piperazine rings is 1. The SMILES string of the molecule is CCS(=O)(=O)NC(=O)c1cc(Cl)c(CN2CCN(c3ccc(F)c(Cl)c3)CC2)cc1F. The number of benzene rings is 2. The Labute approximate surface area is 189 Å². The summed E-state index contributed by atoms with van der Waals surface area (Å²) in [6.07, 6.45) is 0. The van der Waals surface area contributed by atoms with E-state index in [4.69, 9.17) is 23.2 Å². The molecule has 1 saturated heterocycles. The van der Waals surface area contributed by atoms with Gasteiger partial charge < -0.3 is 4.90 Å². The fourth-order valence-corrected chi connectivity index (χ4v) is 4.17. The van der Waals surface area contributed by atoms with Gasteiger partial charge in [0, 0.05) is 43.4 Å². The van der Waals surface area contributed by atoms with Crippen molar-refractivity contribution in [2.75, 3.05) is 36.8 Å². The van der Waals surface area contributed by atoms with E-state index >= 15 is 0 Å². The lowest BCUT2D eigenvalue weighted by Crippen LogP contribution is -2.46. The second kappa shape index (κ2) is 9.68. The zero-order chi connectivity index (χ0) is 22.8. The Morgan fingerprint density at radius 2 is 1.71 bits per heavy atom. The highest BCUT2D eigenvalue weighted by molar-refractivity contribution is 7.90. The molecule has 1 heterocycles. The van der Waals surface area contributed by atoms with E-state index in [1.165, 1.54) is 13.0 Å². The molecular formula is C20H21Cl2F2N3O3S. The Bertz CT molecular complexity index is 1090. The predicted molar refractivity (Wildman–Crippen MR) is 117 cm³/mol. The minimum atomic E-state index is -3.81. The summed E-state index contributed by atoms with van der Waals surface area (Å²) in [6, 6.07) is 6.88. The largest absolute Gasteiger partial charge is 0.369 e. The average Bonchev–Trinajstić information content (AvgIpc) is 2.72. The standard InChI is InChI=1S/C20H21Cl2F2N3O3S/c1-2-31(29,30)25-20(28)15-11-16(21)13(9-19(15)24)12-26-5-7-27(8-6-26)14-3-4-18(23)17(22)10-14/h3-4,9-11H,2,5-8,12H2,1H3,(H,25,28). The molecule has 0 unspecified atom stereocenters. The number of nitrogens with zero attached hydrogens (tertiary/aromatic N) is 2. The van der Waals surface area contributed by atoms with Gasteiger partial charge in [-0.25, -0.2) is 21.9 Å². The number of carbonyl (C=O) groups is 1. The molecule has 168 valence electrons. The molecule has 3 rings (SSSR count). The van der Waals surface area contributed by atoms with Crippen LogP contribution in [0.1, 0.15) is 22.8 Å². The summed E-state index contributed by atoms with van der Waals surface area (Å²) in [5.41, 5.74) is 0.892. The van der Waals surface area contributed by atoms with E-state index in [1.54, 1.807) is 16.9 Å². The Kier molecular flexibility index (Phi) is 7.41. The highest BCUT2D eigenvalue weighted by atomic mass is 35.5. The summed E-state index contributed by atoms with van der Waals surface area (Å²) >= 11 is 12.1. The molecule has 0 aliphatic carbocycles. The molecule has 2 aromatic carbocycles. The van der Waals surface area contributed by atoms with E-state index in [9.17, 15) is 22.0 Å². The van der Waals surface area contributed by atoms with E-state index in [0.29, 0.717) is 38.3 Å². The maximum Gasteiger partial charge on any atom is 0.267 e. The highest BCUT2D eigenvalue weighted by Crippen LogP contribution is 2.26. The van der Waals surface area contributed by atoms with Crippen LogP contribution < -0.4 is 9.62 Å². The fraction of sp³-hybridized carbons (Fsp3) is 0.350. The third kappa shape index (κ3) is 5.85. The fourth-order valence-electron chi connectivity index (χ4n) is 3.24. The number of nitrogens with one attached hydrogen (secondary N) is 1. The molecule has 0 bridgehead atoms. The number of anilines is 1. The van der Waals surface area contributed by atoms with Gasteiger partial charge in [0.15, 0.2) is 0 Å². The summed E-state index contributed by atoms with van der Waals surface area (Å²) < 4.78 is 52.7. The third-order valence-corrected chi connectivity index (χ3v) is 6.94. The number of hydrogen-bond donors (Lipinski definition) is 1. The lowest BCUT2D eigenvalue weighted by molar-refractivity contribution is 0.0977. The summed E-state index contributed by atoms with van der Waals surface area (Å²) in [7, 11) is -3.81. The Hall–Kier alpha value is -1.94. The predicted octanol–water partition coefficient (Wildman–Crippen LogP) is 3.67. The van der Waals surface area contributed by atoms with Crippen LogP contribution in [-0.4, -0.2) is 51.2 Å². The first-order chi connectivity index (χ1) is 14.6. The van der Waals surface area contributed by atoms with Crippen LogP contribution in [0.5, 0.6) is 0 Å². The molecule has 0 atom stereocenters. The van der Waals surface area contributed by atoms with Crippen LogP contribution in [0.25, 0.3) is 0 Å². The molecule has 11 heteroatoms. The quantitative estimate of drug-likeness (QED) is 0.667. The Balaban J connectivity index is 1.65. The molecule has 1 amide bonds. The van der Waals surface area contributed by atoms with E-state index in [2.05, 4.69) is 9.80 Å². The van der Waals surface area contributed by atoms with Gasteiger partial charge >= 0.3 is 0 Å². The van der Waals surface area contributed by atoms with Crippen molar-refractivity contribution < 1.29 is 22.0 Å². The second-order valence-corrected chi connectivity index (χ2v) is 9.95. The maximum atomic E-state index is 14.5. The minimum Gasteiger partial charge on any atom is -0.369 e. The lowest BCUT2D eigenvalue weighted by Gasteiger charge is -2.36. The molecule has 6 nitrogen and oxygen atoms in total. The highest BCUT2D eigenvalue weighted by Gasteiger charge is 2.22. The number of hydrogen-bond acceptors (Lipinski definition) is 5. The summed E-state index contributed by atoms with van der Waals surface area (Å²) in [4.78, 5) is 16.2. The van der Waals surface area contributed by atoms with Gasteiger partial charge in [0.1, 0.15) is 11.6 Å². The van der Waals surface area contributed by atoms with Gasteiger partial charge in [-0.1, -0.05) is 23.2 Å². The number of carbonyl (C=O) groups excluding carboxylic acids is 1. The topological polar surface area (TPSA) is 69.7 Å². The van der Waals surface area contributed by atoms with Crippen LogP contribution in [-0.2, 0) is 16.6 Å². The van der Waals surface area contributed by atoms with Crippen LogP contribution in [0.3, 0.4) is 0 Å². The van der Waals surface area contributed by atoms with Gasteiger partial charge in [0.25, 0.3) is 5.91 Å². The van der Waals surface area contributed by atoms with Crippen LogP contribution in [0.2, 0.25) is 10.0 Å². The maximum absolute atomic E-state index is 14.5. The van der Waals surface area contributed by atoms with E-state index in [-0.39, 0.29) is 15.8 Å². The molecule has 1 aliphatic heterocycles. The second-order valence-electron chi connectivity index (χ2n) is 7.12. The number of rotatable bonds is 6. The van der Waals surface area contributed by atoms with Crippen molar-refractivity contribution in [2.45, 2.75) is 13.5 Å². The van der Waals surface area contributed by atoms with Crippen molar-refractivity contribution in [3.8, 4) is 0 Å². The molecule has 1 fully saturated rings.